The molecule has 1 aliphatic carbocycles. The number of nitrogens with two attached hydrogens (primary N) is 1. The van der Waals surface area contributed by atoms with E-state index in [1.54, 1.807) is 13.0 Å². The van der Waals surface area contributed by atoms with Crippen LogP contribution in [0.3, 0.4) is 0 Å². The van der Waals surface area contributed by atoms with Gasteiger partial charge in [-0.3, -0.25) is 14.3 Å². The lowest BCUT2D eigenvalue weighted by Gasteiger charge is -2.58. The van der Waals surface area contributed by atoms with Gasteiger partial charge in [0.25, 0.3) is 0 Å². The van der Waals surface area contributed by atoms with Gasteiger partial charge >= 0.3 is 0 Å². The third kappa shape index (κ3) is 6.02. The Balaban J connectivity index is 0.000000280. The molecule has 1 aromatic heterocycles. The maximum atomic E-state index is 11.9. The molecule has 2 aromatic rings. The van der Waals surface area contributed by atoms with Crippen molar-refractivity contribution in [3.05, 3.63) is 40.0 Å². The van der Waals surface area contributed by atoms with Crippen molar-refractivity contribution in [3.63, 3.8) is 0 Å². The standard InChI is InChI=1S/C27H34Cl2N6O.C9H16N2O/c1-5-21(36)33-14-27(15-33)11-17(12-27)35-16(2)22(23-18(13-30)20(31)10-19(28)24(23)29)25(32-35)34-9-7-6-8-26(34,3)4;1-8(12)11-4-3-9(7-11)5-10(2)6-9/h5,10,13,17,30H,1,6-9,11-12,14-15,31H2,2-4H3;3-7H2,1-2H3. The molecule has 2 spiro atoms. The summed E-state index contributed by atoms with van der Waals surface area (Å²) < 4.78 is 2.14. The van der Waals surface area contributed by atoms with Crippen LogP contribution in [-0.2, 0) is 9.59 Å². The molecule has 0 bridgehead atoms. The molecule has 0 unspecified atom stereocenters. The fourth-order valence-corrected chi connectivity index (χ4v) is 9.50. The van der Waals surface area contributed by atoms with Gasteiger partial charge in [-0.2, -0.15) is 5.10 Å². The van der Waals surface area contributed by atoms with Crippen LogP contribution in [0.4, 0.5) is 11.5 Å². The van der Waals surface area contributed by atoms with Crippen LogP contribution in [0, 0.1) is 23.2 Å². The number of rotatable bonds is 5. The van der Waals surface area contributed by atoms with Crippen molar-refractivity contribution in [1.82, 2.24) is 24.5 Å². The molecule has 1 aromatic carbocycles. The number of anilines is 2. The minimum Gasteiger partial charge on any atom is -0.398 e. The Morgan fingerprint density at radius 2 is 1.69 bits per heavy atom. The van der Waals surface area contributed by atoms with Crippen molar-refractivity contribution < 1.29 is 9.59 Å². The summed E-state index contributed by atoms with van der Waals surface area (Å²) in [6, 6.07) is 1.85. The first-order valence-electron chi connectivity index (χ1n) is 17.1. The highest BCUT2D eigenvalue weighted by molar-refractivity contribution is 6.44. The number of likely N-dealkylation sites (tertiary alicyclic amines) is 3. The van der Waals surface area contributed by atoms with E-state index in [0.29, 0.717) is 32.3 Å². The number of benzene rings is 1. The fourth-order valence-electron chi connectivity index (χ4n) is 9.04. The van der Waals surface area contributed by atoms with Crippen LogP contribution < -0.4 is 10.6 Å². The molecule has 260 valence electrons. The van der Waals surface area contributed by atoms with Crippen LogP contribution >= 0.6 is 23.2 Å². The van der Waals surface area contributed by atoms with Crippen LogP contribution in [0.1, 0.15) is 76.6 Å². The molecule has 7 rings (SSSR count). The second-order valence-electron chi connectivity index (χ2n) is 15.7. The van der Waals surface area contributed by atoms with Crippen molar-refractivity contribution in [2.24, 2.45) is 10.8 Å². The van der Waals surface area contributed by atoms with E-state index in [4.69, 9.17) is 39.4 Å². The number of carbonyl (C=O) groups is 2. The number of hydrogen-bond donors (Lipinski definition) is 2. The second-order valence-corrected chi connectivity index (χ2v) is 16.5. The maximum absolute atomic E-state index is 11.9. The quantitative estimate of drug-likeness (QED) is 0.224. The molecule has 0 radical (unpaired) electrons. The molecule has 12 heteroatoms. The topological polar surface area (TPSA) is 115 Å². The highest BCUT2D eigenvalue weighted by atomic mass is 35.5. The molecule has 10 nitrogen and oxygen atoms in total. The number of hydrogen-bond acceptors (Lipinski definition) is 7. The molecule has 4 saturated heterocycles. The molecule has 5 heterocycles. The van der Waals surface area contributed by atoms with E-state index in [1.165, 1.54) is 38.2 Å². The van der Waals surface area contributed by atoms with E-state index in [9.17, 15) is 9.59 Å². The van der Waals surface area contributed by atoms with E-state index in [0.717, 1.165) is 75.5 Å². The molecule has 1 saturated carbocycles. The fraction of sp³-hybridized carbons (Fsp3) is 0.611. The molecule has 4 aliphatic heterocycles. The number of nitrogens with one attached hydrogen (secondary N) is 1. The van der Waals surface area contributed by atoms with Crippen molar-refractivity contribution in [2.75, 3.05) is 63.5 Å². The minimum absolute atomic E-state index is 0.00334. The van der Waals surface area contributed by atoms with Crippen molar-refractivity contribution in [3.8, 4) is 11.1 Å². The summed E-state index contributed by atoms with van der Waals surface area (Å²) >= 11 is 13.3. The van der Waals surface area contributed by atoms with Crippen LogP contribution in [0.5, 0.6) is 0 Å². The van der Waals surface area contributed by atoms with Gasteiger partial charge in [-0.25, -0.2) is 0 Å². The Morgan fingerprint density at radius 1 is 1.02 bits per heavy atom. The Labute approximate surface area is 294 Å². The number of nitrogen functional groups attached to an aromatic ring is 1. The maximum Gasteiger partial charge on any atom is 0.245 e. The highest BCUT2D eigenvalue weighted by Gasteiger charge is 2.55. The highest BCUT2D eigenvalue weighted by Crippen LogP contribution is 2.56. The zero-order chi connectivity index (χ0) is 34.8. The monoisotopic (exact) mass is 696 g/mol. The first-order chi connectivity index (χ1) is 22.6. The summed E-state index contributed by atoms with van der Waals surface area (Å²) in [5, 5.41) is 14.1. The van der Waals surface area contributed by atoms with Crippen LogP contribution in [-0.4, -0.2) is 101 Å². The predicted molar refractivity (Wildman–Crippen MR) is 194 cm³/mol. The molecular weight excluding hydrogens is 647 g/mol. The van der Waals surface area contributed by atoms with Gasteiger partial charge in [0.2, 0.25) is 11.8 Å². The van der Waals surface area contributed by atoms with Crippen LogP contribution in [0.25, 0.3) is 11.1 Å². The number of piperidine rings is 1. The summed E-state index contributed by atoms with van der Waals surface area (Å²) in [7, 11) is 2.14. The summed E-state index contributed by atoms with van der Waals surface area (Å²) in [6.07, 6.45) is 9.14. The van der Waals surface area contributed by atoms with Crippen molar-refractivity contribution in [1.29, 1.82) is 5.41 Å². The Morgan fingerprint density at radius 3 is 2.25 bits per heavy atom. The van der Waals surface area contributed by atoms with E-state index in [1.807, 2.05) is 9.80 Å². The van der Waals surface area contributed by atoms with Gasteiger partial charge < -0.3 is 30.7 Å². The van der Waals surface area contributed by atoms with Crippen LogP contribution in [0.2, 0.25) is 10.0 Å². The zero-order valence-corrected chi connectivity index (χ0v) is 30.6. The first-order valence-corrected chi connectivity index (χ1v) is 17.9. The summed E-state index contributed by atoms with van der Waals surface area (Å²) in [6.45, 7) is 18.6. The molecule has 5 fully saturated rings. The summed E-state index contributed by atoms with van der Waals surface area (Å²) in [4.78, 5) is 31.6. The molecule has 5 aliphatic rings. The first kappa shape index (κ1) is 34.8. The Hall–Kier alpha value is -3.08. The number of nitrogens with zero attached hydrogens (tertiary/aromatic N) is 6. The van der Waals surface area contributed by atoms with Crippen molar-refractivity contribution >= 4 is 52.7 Å². The van der Waals surface area contributed by atoms with E-state index in [2.05, 4.69) is 48.9 Å². The third-order valence-corrected chi connectivity index (χ3v) is 12.3. The lowest BCUT2D eigenvalue weighted by Crippen LogP contribution is -2.63. The number of amides is 2. The van der Waals surface area contributed by atoms with Gasteiger partial charge in [0, 0.05) is 103 Å². The Kier molecular flexibility index (Phi) is 9.18. The molecule has 3 N–H and O–H groups in total. The van der Waals surface area contributed by atoms with E-state index in [-0.39, 0.29) is 28.8 Å². The van der Waals surface area contributed by atoms with Crippen LogP contribution in [0.15, 0.2) is 18.7 Å². The lowest BCUT2D eigenvalue weighted by atomic mass is 9.60. The number of carbonyl (C=O) groups excluding carboxylic acids is 2. The van der Waals surface area contributed by atoms with Gasteiger partial charge in [-0.1, -0.05) is 29.8 Å². The van der Waals surface area contributed by atoms with Crippen molar-refractivity contribution in [2.45, 2.75) is 77.8 Å². The van der Waals surface area contributed by atoms with Gasteiger partial charge in [-0.05, 0) is 78.5 Å². The smallest absolute Gasteiger partial charge is 0.245 e. The second kappa shape index (κ2) is 12.7. The largest absolute Gasteiger partial charge is 0.398 e. The number of halogens is 2. The van der Waals surface area contributed by atoms with E-state index < -0.39 is 0 Å². The minimum atomic E-state index is -0.0690. The molecular formula is C36H50Cl2N8O2. The SMILES string of the molecule is C=CC(=O)N1CC2(CC(n3nc(N4CCCCC4(C)C)c(-c4c(Cl)c(Cl)cc(N)c4C=N)c3C)C2)C1.CC(=O)N1CCC2(CN(C)C2)C1. The molecule has 48 heavy (non-hydrogen) atoms. The van der Waals surface area contributed by atoms with Gasteiger partial charge in [0.05, 0.1) is 16.1 Å². The average Bonchev–Trinajstić information content (AvgIpc) is 3.55. The normalized spacial score (nSPS) is 22.4. The van der Waals surface area contributed by atoms with E-state index >= 15 is 0 Å². The predicted octanol–water partition coefficient (Wildman–Crippen LogP) is 6.03. The van der Waals surface area contributed by atoms with Gasteiger partial charge in [-0.15, -0.1) is 0 Å². The van der Waals surface area contributed by atoms with Gasteiger partial charge in [0.15, 0.2) is 5.82 Å². The Bertz CT molecular complexity index is 1630. The number of aromatic nitrogens is 2. The molecule has 0 atom stereocenters. The summed E-state index contributed by atoms with van der Waals surface area (Å²) in [5.74, 6) is 1.12. The average molecular weight is 698 g/mol. The van der Waals surface area contributed by atoms with Gasteiger partial charge in [0.1, 0.15) is 0 Å². The third-order valence-electron chi connectivity index (χ3n) is 11.5. The molecule has 2 amide bonds. The zero-order valence-electron chi connectivity index (χ0n) is 29.0. The lowest BCUT2D eigenvalue weighted by molar-refractivity contribution is -0.149. The summed E-state index contributed by atoms with van der Waals surface area (Å²) in [5.41, 5.74) is 10.4.